The normalized spacial score (nSPS) is 38.5. The number of likely N-dealkylation sites (tertiary alicyclic amines) is 1. The Balaban J connectivity index is 2.64. The van der Waals surface area contributed by atoms with Gasteiger partial charge in [0.25, 0.3) is 0 Å². The largest absolute Gasteiger partial charge is 0.628 e. The van der Waals surface area contributed by atoms with E-state index in [0.717, 1.165) is 25.8 Å². The Morgan fingerprint density at radius 3 is 2.82 bits per heavy atom. The third kappa shape index (κ3) is 1.63. The summed E-state index contributed by atoms with van der Waals surface area (Å²) in [5, 5.41) is 11.9. The molecular formula is C9H17NO. The number of hydrogen-bond donors (Lipinski definition) is 0. The topological polar surface area (TPSA) is 23.1 Å². The minimum atomic E-state index is -0.156. The molecule has 2 nitrogen and oxygen atoms in total. The molecule has 0 aliphatic carbocycles. The minimum absolute atomic E-state index is 0.156. The molecule has 1 fully saturated rings. The van der Waals surface area contributed by atoms with Crippen LogP contribution in [0.2, 0.25) is 0 Å². The summed E-state index contributed by atoms with van der Waals surface area (Å²) in [6, 6.07) is 0.279. The molecule has 0 saturated carbocycles. The maximum absolute atomic E-state index is 11.9. The third-order valence-electron chi connectivity index (χ3n) is 2.69. The fourth-order valence-corrected chi connectivity index (χ4v) is 1.89. The molecule has 1 aliphatic heterocycles. The van der Waals surface area contributed by atoms with Gasteiger partial charge in [0, 0.05) is 6.42 Å². The zero-order chi connectivity index (χ0) is 8.32. The summed E-state index contributed by atoms with van der Waals surface area (Å²) in [7, 11) is 0. The van der Waals surface area contributed by atoms with Gasteiger partial charge in [0.2, 0.25) is 0 Å². The summed E-state index contributed by atoms with van der Waals surface area (Å²) >= 11 is 0. The fourth-order valence-electron chi connectivity index (χ4n) is 1.89. The van der Waals surface area contributed by atoms with Crippen molar-refractivity contribution < 1.29 is 4.65 Å². The van der Waals surface area contributed by atoms with E-state index in [1.54, 1.807) is 6.20 Å². The number of quaternary nitrogens is 1. The van der Waals surface area contributed by atoms with Crippen molar-refractivity contribution in [2.75, 3.05) is 6.54 Å². The monoisotopic (exact) mass is 155 g/mol. The van der Waals surface area contributed by atoms with Crippen LogP contribution in [0, 0.1) is 5.21 Å². The zero-order valence-electron chi connectivity index (χ0n) is 7.25. The Morgan fingerprint density at radius 2 is 2.36 bits per heavy atom. The van der Waals surface area contributed by atoms with Gasteiger partial charge in [-0.25, -0.2) is 0 Å². The SMILES string of the molecule is C=C[N+]1([O-])CCCCC1CC. The molecule has 0 aromatic carbocycles. The summed E-state index contributed by atoms with van der Waals surface area (Å²) in [6.07, 6.45) is 5.90. The van der Waals surface area contributed by atoms with Crippen LogP contribution in [0.15, 0.2) is 12.8 Å². The van der Waals surface area contributed by atoms with Gasteiger partial charge in [-0.3, -0.25) is 0 Å². The number of nitrogens with zero attached hydrogens (tertiary/aromatic N) is 1. The van der Waals surface area contributed by atoms with E-state index in [2.05, 4.69) is 13.5 Å². The second-order valence-electron chi connectivity index (χ2n) is 3.32. The van der Waals surface area contributed by atoms with Crippen LogP contribution in [0.25, 0.3) is 0 Å². The third-order valence-corrected chi connectivity index (χ3v) is 2.69. The second kappa shape index (κ2) is 3.37. The lowest BCUT2D eigenvalue weighted by molar-refractivity contribution is -0.861. The highest BCUT2D eigenvalue weighted by Crippen LogP contribution is 2.26. The average molecular weight is 155 g/mol. The van der Waals surface area contributed by atoms with Gasteiger partial charge in [-0.05, 0) is 25.8 Å². The average Bonchev–Trinajstić information content (AvgIpc) is 2.05. The van der Waals surface area contributed by atoms with Crippen LogP contribution in [0.4, 0.5) is 0 Å². The first kappa shape index (κ1) is 8.75. The van der Waals surface area contributed by atoms with E-state index in [4.69, 9.17) is 0 Å². The lowest BCUT2D eigenvalue weighted by atomic mass is 10.00. The Morgan fingerprint density at radius 1 is 1.64 bits per heavy atom. The van der Waals surface area contributed by atoms with Gasteiger partial charge >= 0.3 is 0 Å². The Kier molecular flexibility index (Phi) is 2.68. The van der Waals surface area contributed by atoms with Gasteiger partial charge in [-0.15, -0.1) is 0 Å². The molecule has 64 valence electrons. The first-order valence-corrected chi connectivity index (χ1v) is 4.45. The van der Waals surface area contributed by atoms with E-state index in [9.17, 15) is 5.21 Å². The van der Waals surface area contributed by atoms with Crippen molar-refractivity contribution in [3.63, 3.8) is 0 Å². The van der Waals surface area contributed by atoms with Crippen molar-refractivity contribution in [2.24, 2.45) is 0 Å². The van der Waals surface area contributed by atoms with Crippen LogP contribution < -0.4 is 0 Å². The summed E-state index contributed by atoms with van der Waals surface area (Å²) < 4.78 is -0.156. The van der Waals surface area contributed by atoms with Gasteiger partial charge in [0.05, 0.1) is 18.8 Å². The van der Waals surface area contributed by atoms with Crippen molar-refractivity contribution in [1.29, 1.82) is 0 Å². The summed E-state index contributed by atoms with van der Waals surface area (Å²) in [5.41, 5.74) is 0. The van der Waals surface area contributed by atoms with Crippen LogP contribution in [-0.4, -0.2) is 17.2 Å². The van der Waals surface area contributed by atoms with E-state index in [0.29, 0.717) is 0 Å². The van der Waals surface area contributed by atoms with E-state index < -0.39 is 0 Å². The minimum Gasteiger partial charge on any atom is -0.628 e. The van der Waals surface area contributed by atoms with E-state index in [1.165, 1.54) is 6.42 Å². The summed E-state index contributed by atoms with van der Waals surface area (Å²) in [4.78, 5) is 0. The molecule has 1 rings (SSSR count). The maximum Gasteiger partial charge on any atom is 0.0926 e. The van der Waals surface area contributed by atoms with Gasteiger partial charge in [0.1, 0.15) is 0 Å². The first-order chi connectivity index (χ1) is 5.23. The summed E-state index contributed by atoms with van der Waals surface area (Å²) in [6.45, 7) is 6.44. The standard InChI is InChI=1S/C9H17NO/c1-3-9-7-5-6-8-10(9,11)4-2/h4,9H,2-3,5-8H2,1H3. The van der Waals surface area contributed by atoms with Crippen molar-refractivity contribution in [2.45, 2.75) is 38.6 Å². The van der Waals surface area contributed by atoms with Crippen LogP contribution in [0.3, 0.4) is 0 Å². The lowest BCUT2D eigenvalue weighted by Crippen LogP contribution is -2.48. The van der Waals surface area contributed by atoms with Crippen molar-refractivity contribution in [3.8, 4) is 0 Å². The van der Waals surface area contributed by atoms with E-state index >= 15 is 0 Å². The number of hydroxylamine groups is 3. The molecule has 0 aromatic heterocycles. The molecule has 0 amide bonds. The van der Waals surface area contributed by atoms with Crippen molar-refractivity contribution in [3.05, 3.63) is 18.0 Å². The number of piperidine rings is 1. The molecular weight excluding hydrogens is 138 g/mol. The van der Waals surface area contributed by atoms with Crippen LogP contribution >= 0.6 is 0 Å². The quantitative estimate of drug-likeness (QED) is 0.443. The molecule has 2 atom stereocenters. The van der Waals surface area contributed by atoms with Crippen molar-refractivity contribution >= 4 is 0 Å². The van der Waals surface area contributed by atoms with Gasteiger partial charge in [-0.2, -0.15) is 0 Å². The van der Waals surface area contributed by atoms with Crippen LogP contribution in [-0.2, 0) is 0 Å². The Hall–Kier alpha value is -0.340. The predicted octanol–water partition coefficient (Wildman–Crippen LogP) is 2.41. The smallest absolute Gasteiger partial charge is 0.0926 e. The molecule has 2 unspecified atom stereocenters. The number of hydrogen-bond acceptors (Lipinski definition) is 1. The Labute approximate surface area is 68.7 Å². The maximum atomic E-state index is 11.9. The molecule has 0 aromatic rings. The van der Waals surface area contributed by atoms with E-state index in [1.807, 2.05) is 0 Å². The molecule has 1 saturated heterocycles. The highest BCUT2D eigenvalue weighted by molar-refractivity contribution is 4.71. The van der Waals surface area contributed by atoms with Gasteiger partial charge < -0.3 is 9.85 Å². The molecule has 1 heterocycles. The highest BCUT2D eigenvalue weighted by Gasteiger charge is 2.27. The van der Waals surface area contributed by atoms with Crippen LogP contribution in [0.5, 0.6) is 0 Å². The van der Waals surface area contributed by atoms with Crippen molar-refractivity contribution in [1.82, 2.24) is 0 Å². The first-order valence-electron chi connectivity index (χ1n) is 4.45. The predicted molar refractivity (Wildman–Crippen MR) is 46.6 cm³/mol. The molecule has 0 N–H and O–H groups in total. The number of rotatable bonds is 2. The van der Waals surface area contributed by atoms with Gasteiger partial charge in [-0.1, -0.05) is 6.92 Å². The molecule has 0 bridgehead atoms. The Bertz CT molecular complexity index is 146. The molecule has 1 aliphatic rings. The molecule has 0 radical (unpaired) electrons. The van der Waals surface area contributed by atoms with Crippen LogP contribution in [0.1, 0.15) is 32.6 Å². The zero-order valence-corrected chi connectivity index (χ0v) is 7.25. The summed E-state index contributed by atoms with van der Waals surface area (Å²) in [5.74, 6) is 0. The van der Waals surface area contributed by atoms with Gasteiger partial charge in [0.15, 0.2) is 0 Å². The molecule has 11 heavy (non-hydrogen) atoms. The molecule has 0 spiro atoms. The second-order valence-corrected chi connectivity index (χ2v) is 3.32. The van der Waals surface area contributed by atoms with E-state index in [-0.39, 0.29) is 10.7 Å². The molecule has 2 heteroatoms. The highest BCUT2D eigenvalue weighted by atomic mass is 16.5. The fraction of sp³-hybridized carbons (Fsp3) is 0.778. The lowest BCUT2D eigenvalue weighted by Gasteiger charge is -2.48.